The maximum atomic E-state index is 5.04. The Kier molecular flexibility index (Phi) is 8.62. The first-order valence-electron chi connectivity index (χ1n) is 7.84. The highest BCUT2D eigenvalue weighted by atomic mass is 16.5. The molecular weight excluding hydrogens is 252 g/mol. The molecule has 0 saturated carbocycles. The number of piperidine rings is 1. The molecule has 1 saturated heterocycles. The van der Waals surface area contributed by atoms with Crippen molar-refractivity contribution in [1.82, 2.24) is 15.5 Å². The number of nitrogens with one attached hydrogen (secondary N) is 2. The molecule has 0 aliphatic carbocycles. The minimum atomic E-state index is 0.551. The van der Waals surface area contributed by atoms with Gasteiger partial charge in [0.05, 0.1) is 0 Å². The monoisotopic (exact) mass is 284 g/mol. The molecule has 2 unspecified atom stereocenters. The van der Waals surface area contributed by atoms with Gasteiger partial charge < -0.3 is 15.4 Å². The smallest absolute Gasteiger partial charge is 0.191 e. The molecule has 0 aromatic carbocycles. The zero-order chi connectivity index (χ0) is 14.8. The van der Waals surface area contributed by atoms with E-state index < -0.39 is 0 Å². The number of hydrogen-bond donors (Lipinski definition) is 2. The molecule has 0 aromatic heterocycles. The van der Waals surface area contributed by atoms with Gasteiger partial charge in [-0.2, -0.15) is 0 Å². The van der Waals surface area contributed by atoms with Crippen molar-refractivity contribution in [3.63, 3.8) is 0 Å². The molecule has 0 amide bonds. The summed E-state index contributed by atoms with van der Waals surface area (Å²) in [4.78, 5) is 6.84. The highest BCUT2D eigenvalue weighted by molar-refractivity contribution is 5.79. The van der Waals surface area contributed by atoms with Crippen LogP contribution in [0.15, 0.2) is 4.99 Å². The van der Waals surface area contributed by atoms with Crippen molar-refractivity contribution in [3.05, 3.63) is 0 Å². The molecule has 5 nitrogen and oxygen atoms in total. The number of nitrogens with zero attached hydrogens (tertiary/aromatic N) is 2. The second-order valence-corrected chi connectivity index (χ2v) is 5.82. The summed E-state index contributed by atoms with van der Waals surface area (Å²) in [5.41, 5.74) is 0. The van der Waals surface area contributed by atoms with Crippen molar-refractivity contribution < 1.29 is 4.74 Å². The number of likely N-dealkylation sites (tertiary alicyclic amines) is 1. The Labute approximate surface area is 124 Å². The normalized spacial score (nSPS) is 22.6. The fourth-order valence-electron chi connectivity index (χ4n) is 2.64. The summed E-state index contributed by atoms with van der Waals surface area (Å²) in [5, 5.41) is 6.73. The fourth-order valence-corrected chi connectivity index (χ4v) is 2.64. The Balaban J connectivity index is 2.22. The molecule has 0 aromatic rings. The van der Waals surface area contributed by atoms with Crippen molar-refractivity contribution in [2.24, 2.45) is 10.9 Å². The number of aliphatic imine (C=N–C) groups is 1. The van der Waals surface area contributed by atoms with Crippen LogP contribution >= 0.6 is 0 Å². The third kappa shape index (κ3) is 6.57. The topological polar surface area (TPSA) is 48.9 Å². The summed E-state index contributed by atoms with van der Waals surface area (Å²) in [7, 11) is 3.55. The van der Waals surface area contributed by atoms with Crippen LogP contribution in [0.3, 0.4) is 0 Å². The average Bonchev–Trinajstić information content (AvgIpc) is 2.46. The first-order valence-corrected chi connectivity index (χ1v) is 7.84. The van der Waals surface area contributed by atoms with E-state index >= 15 is 0 Å². The van der Waals surface area contributed by atoms with Crippen molar-refractivity contribution in [2.75, 3.05) is 46.9 Å². The van der Waals surface area contributed by atoms with Gasteiger partial charge in [0, 0.05) is 46.4 Å². The molecule has 118 valence electrons. The van der Waals surface area contributed by atoms with E-state index in [0.29, 0.717) is 6.04 Å². The number of rotatable bonds is 7. The largest absolute Gasteiger partial charge is 0.385 e. The van der Waals surface area contributed by atoms with Crippen LogP contribution in [0.4, 0.5) is 0 Å². The molecule has 1 aliphatic rings. The van der Waals surface area contributed by atoms with Crippen LogP contribution in [-0.4, -0.2) is 63.8 Å². The van der Waals surface area contributed by atoms with Crippen molar-refractivity contribution in [3.8, 4) is 0 Å². The first kappa shape index (κ1) is 17.2. The van der Waals surface area contributed by atoms with Crippen molar-refractivity contribution >= 4 is 5.96 Å². The van der Waals surface area contributed by atoms with Crippen LogP contribution in [0.5, 0.6) is 0 Å². The summed E-state index contributed by atoms with van der Waals surface area (Å²) in [6, 6.07) is 0.551. The Hall–Kier alpha value is -0.810. The van der Waals surface area contributed by atoms with Gasteiger partial charge in [0.25, 0.3) is 0 Å². The van der Waals surface area contributed by atoms with Gasteiger partial charge in [-0.05, 0) is 38.6 Å². The van der Waals surface area contributed by atoms with Crippen LogP contribution in [-0.2, 0) is 4.74 Å². The Bertz CT molecular complexity index is 283. The van der Waals surface area contributed by atoms with Gasteiger partial charge >= 0.3 is 0 Å². The van der Waals surface area contributed by atoms with Gasteiger partial charge in [-0.15, -0.1) is 0 Å². The van der Waals surface area contributed by atoms with Gasteiger partial charge in [-0.25, -0.2) is 0 Å². The molecule has 20 heavy (non-hydrogen) atoms. The lowest BCUT2D eigenvalue weighted by Gasteiger charge is -2.35. The lowest BCUT2D eigenvalue weighted by molar-refractivity contribution is 0.139. The SMILES string of the molecule is CN=C(NCCCOC)NCC(C)N1CCCC(C)C1. The summed E-state index contributed by atoms with van der Waals surface area (Å²) in [6.07, 6.45) is 3.70. The van der Waals surface area contributed by atoms with Crippen LogP contribution in [0.25, 0.3) is 0 Å². The van der Waals surface area contributed by atoms with E-state index in [-0.39, 0.29) is 0 Å². The lowest BCUT2D eigenvalue weighted by Crippen LogP contribution is -2.48. The van der Waals surface area contributed by atoms with Crippen molar-refractivity contribution in [2.45, 2.75) is 39.2 Å². The van der Waals surface area contributed by atoms with Gasteiger partial charge in [0.2, 0.25) is 0 Å². The fraction of sp³-hybridized carbons (Fsp3) is 0.933. The van der Waals surface area contributed by atoms with Gasteiger partial charge in [0.15, 0.2) is 5.96 Å². The van der Waals surface area contributed by atoms with E-state index in [1.165, 1.54) is 25.9 Å². The summed E-state index contributed by atoms with van der Waals surface area (Å²) < 4.78 is 5.04. The third-order valence-corrected chi connectivity index (χ3v) is 3.92. The molecular formula is C15H32N4O. The predicted molar refractivity (Wildman–Crippen MR) is 85.3 cm³/mol. The van der Waals surface area contributed by atoms with Crippen LogP contribution in [0.1, 0.15) is 33.1 Å². The van der Waals surface area contributed by atoms with Gasteiger partial charge in [-0.3, -0.25) is 9.89 Å². The Morgan fingerprint density at radius 1 is 1.45 bits per heavy atom. The zero-order valence-electron chi connectivity index (χ0n) is 13.6. The number of ether oxygens (including phenoxy) is 1. The molecule has 1 aliphatic heterocycles. The second-order valence-electron chi connectivity index (χ2n) is 5.82. The standard InChI is InChI=1S/C15H32N4O/c1-13-7-5-9-19(12-13)14(2)11-18-15(16-3)17-8-6-10-20-4/h13-14H,5-12H2,1-4H3,(H2,16,17,18). The van der Waals surface area contributed by atoms with Crippen LogP contribution in [0.2, 0.25) is 0 Å². The molecule has 1 heterocycles. The summed E-state index contributed by atoms with van der Waals surface area (Å²) in [6.45, 7) is 9.72. The number of hydrogen-bond acceptors (Lipinski definition) is 3. The maximum Gasteiger partial charge on any atom is 0.191 e. The van der Waals surface area contributed by atoms with Crippen molar-refractivity contribution in [1.29, 1.82) is 0 Å². The van der Waals surface area contributed by atoms with Gasteiger partial charge in [-0.1, -0.05) is 6.92 Å². The molecule has 2 atom stereocenters. The van der Waals surface area contributed by atoms with E-state index in [0.717, 1.165) is 38.0 Å². The molecule has 5 heteroatoms. The van der Waals surface area contributed by atoms with E-state index in [9.17, 15) is 0 Å². The quantitative estimate of drug-likeness (QED) is 0.420. The highest BCUT2D eigenvalue weighted by Gasteiger charge is 2.20. The average molecular weight is 284 g/mol. The summed E-state index contributed by atoms with van der Waals surface area (Å²) in [5.74, 6) is 1.72. The minimum Gasteiger partial charge on any atom is -0.385 e. The first-order chi connectivity index (χ1) is 9.67. The zero-order valence-corrected chi connectivity index (χ0v) is 13.6. The Morgan fingerprint density at radius 3 is 2.90 bits per heavy atom. The second kappa shape index (κ2) is 10.00. The number of guanidine groups is 1. The van der Waals surface area contributed by atoms with Crippen LogP contribution in [0, 0.1) is 5.92 Å². The van der Waals surface area contributed by atoms with E-state index in [4.69, 9.17) is 4.74 Å². The number of methoxy groups -OCH3 is 1. The highest BCUT2D eigenvalue weighted by Crippen LogP contribution is 2.17. The van der Waals surface area contributed by atoms with E-state index in [1.54, 1.807) is 7.11 Å². The van der Waals surface area contributed by atoms with Gasteiger partial charge in [0.1, 0.15) is 0 Å². The van der Waals surface area contributed by atoms with Crippen LogP contribution < -0.4 is 10.6 Å². The van der Waals surface area contributed by atoms with E-state index in [1.807, 2.05) is 7.05 Å². The third-order valence-electron chi connectivity index (χ3n) is 3.92. The van der Waals surface area contributed by atoms with E-state index in [2.05, 4.69) is 34.4 Å². The molecule has 0 bridgehead atoms. The summed E-state index contributed by atoms with van der Waals surface area (Å²) >= 11 is 0. The molecule has 0 spiro atoms. The Morgan fingerprint density at radius 2 is 2.25 bits per heavy atom. The molecule has 1 fully saturated rings. The predicted octanol–water partition coefficient (Wildman–Crippen LogP) is 1.31. The molecule has 1 rings (SSSR count). The minimum absolute atomic E-state index is 0.551. The maximum absolute atomic E-state index is 5.04. The molecule has 0 radical (unpaired) electrons. The molecule has 2 N–H and O–H groups in total. The lowest BCUT2D eigenvalue weighted by atomic mass is 9.99.